The van der Waals surface area contributed by atoms with Crippen molar-refractivity contribution in [3.8, 4) is 0 Å². The molecule has 6 heteroatoms. The van der Waals surface area contributed by atoms with Crippen molar-refractivity contribution in [2.45, 2.75) is 12.5 Å². The lowest BCUT2D eigenvalue weighted by Crippen LogP contribution is -2.42. The molecule has 4 nitrogen and oxygen atoms in total. The topological polar surface area (TPSA) is 49.4 Å². The molecular formula is C15H17ClN2O2S. The first-order chi connectivity index (χ1) is 10.1. The van der Waals surface area contributed by atoms with Gasteiger partial charge in [-0.3, -0.25) is 9.59 Å². The predicted octanol–water partition coefficient (Wildman–Crippen LogP) is 2.48. The Morgan fingerprint density at radius 2 is 2.29 bits per heavy atom. The van der Waals surface area contributed by atoms with E-state index in [1.54, 1.807) is 17.0 Å². The molecule has 0 radical (unpaired) electrons. The van der Waals surface area contributed by atoms with Gasteiger partial charge in [-0.1, -0.05) is 29.8 Å². The summed E-state index contributed by atoms with van der Waals surface area (Å²) >= 11 is 7.58. The van der Waals surface area contributed by atoms with E-state index in [0.29, 0.717) is 29.4 Å². The van der Waals surface area contributed by atoms with Crippen LogP contribution in [0.3, 0.4) is 0 Å². The van der Waals surface area contributed by atoms with Crippen LogP contribution in [0.1, 0.15) is 6.42 Å². The Bertz CT molecular complexity index is 550. The Morgan fingerprint density at radius 3 is 3.00 bits per heavy atom. The lowest BCUT2D eigenvalue weighted by molar-refractivity contribution is -0.124. The molecule has 1 aromatic carbocycles. The van der Waals surface area contributed by atoms with Gasteiger partial charge in [0.2, 0.25) is 11.8 Å². The van der Waals surface area contributed by atoms with Crippen LogP contribution >= 0.6 is 23.4 Å². The second-order valence-corrected chi connectivity index (χ2v) is 6.09. The van der Waals surface area contributed by atoms with Gasteiger partial charge in [-0.05, 0) is 18.6 Å². The molecule has 1 atom stereocenters. The fourth-order valence-electron chi connectivity index (χ4n) is 2.19. The molecule has 0 aromatic heterocycles. The summed E-state index contributed by atoms with van der Waals surface area (Å²) in [7, 11) is 0. The highest BCUT2D eigenvalue weighted by atomic mass is 35.5. The molecule has 2 rings (SSSR count). The van der Waals surface area contributed by atoms with Crippen molar-refractivity contribution in [3.05, 3.63) is 41.9 Å². The molecular weight excluding hydrogens is 308 g/mol. The Hall–Kier alpha value is -1.46. The smallest absolute Gasteiger partial charge is 0.249 e. The molecule has 2 amide bonds. The third kappa shape index (κ3) is 4.02. The van der Waals surface area contributed by atoms with Gasteiger partial charge in [-0.2, -0.15) is 0 Å². The van der Waals surface area contributed by atoms with Crippen LogP contribution in [-0.2, 0) is 9.59 Å². The van der Waals surface area contributed by atoms with Crippen LogP contribution in [0.2, 0.25) is 5.02 Å². The second kappa shape index (κ2) is 7.52. The van der Waals surface area contributed by atoms with E-state index in [1.165, 1.54) is 11.8 Å². The average molecular weight is 325 g/mol. The van der Waals surface area contributed by atoms with Crippen molar-refractivity contribution in [2.75, 3.05) is 23.0 Å². The number of anilines is 1. The Morgan fingerprint density at radius 1 is 1.52 bits per heavy atom. The zero-order chi connectivity index (χ0) is 15.2. The maximum Gasteiger partial charge on any atom is 0.249 e. The first kappa shape index (κ1) is 15.9. The third-order valence-electron chi connectivity index (χ3n) is 3.15. The molecule has 1 saturated heterocycles. The lowest BCUT2D eigenvalue weighted by Gasteiger charge is -2.18. The predicted molar refractivity (Wildman–Crippen MR) is 87.9 cm³/mol. The van der Waals surface area contributed by atoms with E-state index in [-0.39, 0.29) is 11.8 Å². The number of nitrogens with zero attached hydrogens (tertiary/aromatic N) is 1. The Kier molecular flexibility index (Phi) is 5.70. The number of para-hydroxylation sites is 1. The van der Waals surface area contributed by atoms with Gasteiger partial charge in [-0.25, -0.2) is 0 Å². The fraction of sp³-hybridized carbons (Fsp3) is 0.333. The summed E-state index contributed by atoms with van der Waals surface area (Å²) in [4.78, 5) is 25.7. The summed E-state index contributed by atoms with van der Waals surface area (Å²) in [5.41, 5.74) is 0.696. The van der Waals surface area contributed by atoms with Gasteiger partial charge in [0.05, 0.1) is 16.5 Å². The van der Waals surface area contributed by atoms with Crippen molar-refractivity contribution >= 4 is 40.9 Å². The number of rotatable bonds is 6. The molecule has 0 bridgehead atoms. The van der Waals surface area contributed by atoms with E-state index in [1.807, 2.05) is 18.2 Å². The molecule has 1 heterocycles. The van der Waals surface area contributed by atoms with E-state index in [0.717, 1.165) is 5.75 Å². The molecule has 1 aliphatic heterocycles. The van der Waals surface area contributed by atoms with Gasteiger partial charge >= 0.3 is 0 Å². The van der Waals surface area contributed by atoms with E-state index >= 15 is 0 Å². The maximum atomic E-state index is 12.4. The summed E-state index contributed by atoms with van der Waals surface area (Å²) in [5, 5.41) is 3.32. The van der Waals surface area contributed by atoms with Crippen molar-refractivity contribution in [1.29, 1.82) is 0 Å². The number of carbonyl (C=O) groups is 2. The van der Waals surface area contributed by atoms with Gasteiger partial charge in [0.25, 0.3) is 0 Å². The zero-order valence-corrected chi connectivity index (χ0v) is 13.1. The normalized spacial score (nSPS) is 17.9. The van der Waals surface area contributed by atoms with Crippen LogP contribution in [0.5, 0.6) is 0 Å². The van der Waals surface area contributed by atoms with Gasteiger partial charge in [-0.15, -0.1) is 18.3 Å². The number of benzene rings is 1. The number of hydrogen-bond donors (Lipinski definition) is 1. The SMILES string of the molecule is C=CCSCC(=O)NC1CCN(c2ccccc2Cl)C1=O. The molecule has 0 spiro atoms. The van der Waals surface area contributed by atoms with Crippen molar-refractivity contribution in [3.63, 3.8) is 0 Å². The molecule has 1 unspecified atom stereocenters. The van der Waals surface area contributed by atoms with Gasteiger partial charge in [0.1, 0.15) is 6.04 Å². The highest BCUT2D eigenvalue weighted by Crippen LogP contribution is 2.28. The summed E-state index contributed by atoms with van der Waals surface area (Å²) in [6.07, 6.45) is 2.35. The summed E-state index contributed by atoms with van der Waals surface area (Å²) in [6, 6.07) is 6.76. The van der Waals surface area contributed by atoms with Gasteiger partial charge in [0.15, 0.2) is 0 Å². The number of amides is 2. The monoisotopic (exact) mass is 324 g/mol. The molecule has 0 aliphatic carbocycles. The molecule has 21 heavy (non-hydrogen) atoms. The van der Waals surface area contributed by atoms with Crippen LogP contribution in [-0.4, -0.2) is 35.9 Å². The number of thioether (sulfide) groups is 1. The molecule has 0 saturated carbocycles. The maximum absolute atomic E-state index is 12.4. The number of nitrogens with one attached hydrogen (secondary N) is 1. The standard InChI is InChI=1S/C15H17ClN2O2S/c1-2-9-21-10-14(19)17-12-7-8-18(15(12)20)13-6-4-3-5-11(13)16/h2-6,12H,1,7-10H2,(H,17,19). The third-order valence-corrected chi connectivity index (χ3v) is 4.41. The highest BCUT2D eigenvalue weighted by molar-refractivity contribution is 8.00. The molecule has 1 fully saturated rings. The summed E-state index contributed by atoms with van der Waals surface area (Å²) < 4.78 is 0. The first-order valence-electron chi connectivity index (χ1n) is 6.67. The fourth-order valence-corrected chi connectivity index (χ4v) is 2.99. The molecule has 1 aliphatic rings. The Labute approximate surface area is 133 Å². The first-order valence-corrected chi connectivity index (χ1v) is 8.20. The minimum Gasteiger partial charge on any atom is -0.343 e. The van der Waals surface area contributed by atoms with Crippen LogP contribution in [0.15, 0.2) is 36.9 Å². The quantitative estimate of drug-likeness (QED) is 0.646. The largest absolute Gasteiger partial charge is 0.343 e. The van der Waals surface area contributed by atoms with Crippen LogP contribution in [0, 0.1) is 0 Å². The van der Waals surface area contributed by atoms with E-state index in [4.69, 9.17) is 11.6 Å². The second-order valence-electron chi connectivity index (χ2n) is 4.65. The minimum atomic E-state index is -0.460. The average Bonchev–Trinajstić information content (AvgIpc) is 2.81. The zero-order valence-electron chi connectivity index (χ0n) is 11.5. The van der Waals surface area contributed by atoms with E-state index in [9.17, 15) is 9.59 Å². The van der Waals surface area contributed by atoms with Gasteiger partial charge < -0.3 is 10.2 Å². The molecule has 1 aromatic rings. The van der Waals surface area contributed by atoms with E-state index in [2.05, 4.69) is 11.9 Å². The summed E-state index contributed by atoms with van der Waals surface area (Å²) in [5.74, 6) is 0.825. The minimum absolute atomic E-state index is 0.106. The molecule has 112 valence electrons. The van der Waals surface area contributed by atoms with Crippen molar-refractivity contribution in [1.82, 2.24) is 5.32 Å². The number of halogens is 1. The van der Waals surface area contributed by atoms with E-state index < -0.39 is 6.04 Å². The van der Waals surface area contributed by atoms with Gasteiger partial charge in [0, 0.05) is 12.3 Å². The lowest BCUT2D eigenvalue weighted by atomic mass is 10.2. The number of carbonyl (C=O) groups excluding carboxylic acids is 2. The Balaban J connectivity index is 1.94. The number of hydrogen-bond acceptors (Lipinski definition) is 3. The van der Waals surface area contributed by atoms with Crippen LogP contribution in [0.25, 0.3) is 0 Å². The van der Waals surface area contributed by atoms with Crippen LogP contribution in [0.4, 0.5) is 5.69 Å². The highest BCUT2D eigenvalue weighted by Gasteiger charge is 2.34. The van der Waals surface area contributed by atoms with Crippen LogP contribution < -0.4 is 10.2 Å². The van der Waals surface area contributed by atoms with Crippen molar-refractivity contribution < 1.29 is 9.59 Å². The summed E-state index contributed by atoms with van der Waals surface area (Å²) in [6.45, 7) is 4.16. The van der Waals surface area contributed by atoms with Crippen molar-refractivity contribution in [2.24, 2.45) is 0 Å². The molecule has 1 N–H and O–H groups in total.